The standard InChI is InChI=1S/C22H23N3O5S/c1-22(14-7-8-17-18(11-14)30-10-4-9-29-17)20(27)25(21(28)24-22)13-19(26)23-15-5-3-6-16(12-15)31-2/h3,5-8,11-12H,4,9-10,13H2,1-2H3,(H,23,26)(H,24,28)/t22-/m1/s1. The Hall–Kier alpha value is -3.20. The number of imide groups is 1. The number of hydrogen-bond donors (Lipinski definition) is 2. The largest absolute Gasteiger partial charge is 0.490 e. The number of urea groups is 1. The summed E-state index contributed by atoms with van der Waals surface area (Å²) in [6, 6.07) is 11.9. The Morgan fingerprint density at radius 3 is 2.71 bits per heavy atom. The van der Waals surface area contributed by atoms with Gasteiger partial charge in [-0.2, -0.15) is 0 Å². The molecule has 0 aliphatic carbocycles. The number of amides is 4. The summed E-state index contributed by atoms with van der Waals surface area (Å²) in [5.41, 5.74) is -0.138. The minimum Gasteiger partial charge on any atom is -0.490 e. The zero-order chi connectivity index (χ0) is 22.0. The van der Waals surface area contributed by atoms with Gasteiger partial charge in [-0.1, -0.05) is 12.1 Å². The summed E-state index contributed by atoms with van der Waals surface area (Å²) in [5.74, 6) is 0.179. The van der Waals surface area contributed by atoms with Crippen molar-refractivity contribution in [2.45, 2.75) is 23.8 Å². The highest BCUT2D eigenvalue weighted by atomic mass is 32.2. The second-order valence-electron chi connectivity index (χ2n) is 7.44. The van der Waals surface area contributed by atoms with Gasteiger partial charge in [0.15, 0.2) is 11.5 Å². The monoisotopic (exact) mass is 441 g/mol. The molecule has 2 aromatic carbocycles. The number of nitrogens with one attached hydrogen (secondary N) is 2. The molecular weight excluding hydrogens is 418 g/mol. The molecule has 2 N–H and O–H groups in total. The van der Waals surface area contributed by atoms with Gasteiger partial charge >= 0.3 is 6.03 Å². The van der Waals surface area contributed by atoms with Crippen molar-refractivity contribution in [2.24, 2.45) is 0 Å². The van der Waals surface area contributed by atoms with E-state index in [4.69, 9.17) is 9.47 Å². The Labute approximate surface area is 184 Å². The lowest BCUT2D eigenvalue weighted by Gasteiger charge is -2.23. The van der Waals surface area contributed by atoms with Crippen molar-refractivity contribution in [2.75, 3.05) is 31.3 Å². The second kappa shape index (κ2) is 8.50. The summed E-state index contributed by atoms with van der Waals surface area (Å²) < 4.78 is 11.3. The molecule has 2 aromatic rings. The molecule has 1 atom stereocenters. The van der Waals surface area contributed by atoms with Crippen LogP contribution in [0.5, 0.6) is 11.5 Å². The van der Waals surface area contributed by atoms with Crippen molar-refractivity contribution in [3.63, 3.8) is 0 Å². The maximum Gasteiger partial charge on any atom is 0.325 e. The first-order valence-electron chi connectivity index (χ1n) is 9.89. The van der Waals surface area contributed by atoms with Gasteiger partial charge in [0, 0.05) is 17.0 Å². The van der Waals surface area contributed by atoms with Crippen LogP contribution in [-0.2, 0) is 15.1 Å². The predicted octanol–water partition coefficient (Wildman–Crippen LogP) is 2.98. The van der Waals surface area contributed by atoms with Gasteiger partial charge in [-0.25, -0.2) is 4.79 Å². The third kappa shape index (κ3) is 4.18. The number of ether oxygens (including phenoxy) is 2. The third-order valence-corrected chi connectivity index (χ3v) is 5.98. The van der Waals surface area contributed by atoms with Gasteiger partial charge in [0.05, 0.1) is 13.2 Å². The first kappa shape index (κ1) is 21.0. The van der Waals surface area contributed by atoms with E-state index in [9.17, 15) is 14.4 Å². The molecule has 0 spiro atoms. The van der Waals surface area contributed by atoms with E-state index in [1.54, 1.807) is 43.0 Å². The molecule has 1 saturated heterocycles. The van der Waals surface area contributed by atoms with Crippen molar-refractivity contribution >= 4 is 35.3 Å². The van der Waals surface area contributed by atoms with Gasteiger partial charge in [0.25, 0.3) is 5.91 Å². The highest BCUT2D eigenvalue weighted by molar-refractivity contribution is 7.98. The fourth-order valence-corrected chi connectivity index (χ4v) is 4.01. The SMILES string of the molecule is CSc1cccc(NC(=O)CN2C(=O)N[C@](C)(c3ccc4c(c3)OCCCO4)C2=O)c1. The number of benzene rings is 2. The van der Waals surface area contributed by atoms with E-state index >= 15 is 0 Å². The Morgan fingerprint density at radius 1 is 1.16 bits per heavy atom. The summed E-state index contributed by atoms with van der Waals surface area (Å²) in [6.07, 6.45) is 2.70. The fourth-order valence-electron chi connectivity index (χ4n) is 3.56. The number of fused-ring (bicyclic) bond motifs is 1. The normalized spacial score (nSPS) is 20.3. The summed E-state index contributed by atoms with van der Waals surface area (Å²) in [5, 5.41) is 5.45. The van der Waals surface area contributed by atoms with Crippen LogP contribution in [-0.4, -0.2) is 48.8 Å². The molecule has 2 aliphatic heterocycles. The van der Waals surface area contributed by atoms with Crippen LogP contribution in [0.4, 0.5) is 10.5 Å². The quantitative estimate of drug-likeness (QED) is 0.547. The topological polar surface area (TPSA) is 97.0 Å². The molecule has 1 fully saturated rings. The van der Waals surface area contributed by atoms with Crippen LogP contribution in [0.2, 0.25) is 0 Å². The van der Waals surface area contributed by atoms with Crippen molar-refractivity contribution < 1.29 is 23.9 Å². The fraction of sp³-hybridized carbons (Fsp3) is 0.318. The number of nitrogens with zero attached hydrogens (tertiary/aromatic N) is 1. The van der Waals surface area contributed by atoms with Crippen LogP contribution in [0.3, 0.4) is 0 Å². The lowest BCUT2D eigenvalue weighted by molar-refractivity contribution is -0.133. The number of carbonyl (C=O) groups excluding carboxylic acids is 3. The maximum absolute atomic E-state index is 13.1. The number of anilines is 1. The van der Waals surface area contributed by atoms with E-state index < -0.39 is 23.4 Å². The van der Waals surface area contributed by atoms with Gasteiger partial charge in [-0.3, -0.25) is 14.5 Å². The third-order valence-electron chi connectivity index (χ3n) is 5.26. The first-order valence-corrected chi connectivity index (χ1v) is 11.1. The number of carbonyl (C=O) groups is 3. The molecule has 4 amide bonds. The molecule has 162 valence electrons. The average Bonchev–Trinajstić information content (AvgIpc) is 2.93. The molecular formula is C22H23N3O5S. The van der Waals surface area contributed by atoms with E-state index in [0.29, 0.717) is 36.0 Å². The van der Waals surface area contributed by atoms with E-state index in [2.05, 4.69) is 10.6 Å². The van der Waals surface area contributed by atoms with Gasteiger partial charge in [-0.15, -0.1) is 11.8 Å². The van der Waals surface area contributed by atoms with E-state index in [-0.39, 0.29) is 6.54 Å². The highest BCUT2D eigenvalue weighted by Crippen LogP contribution is 2.36. The van der Waals surface area contributed by atoms with Crippen LogP contribution in [0.25, 0.3) is 0 Å². The Bertz CT molecular complexity index is 1040. The lowest BCUT2D eigenvalue weighted by atomic mass is 9.91. The van der Waals surface area contributed by atoms with Crippen molar-refractivity contribution in [1.29, 1.82) is 0 Å². The van der Waals surface area contributed by atoms with Crippen LogP contribution in [0.15, 0.2) is 47.4 Å². The van der Waals surface area contributed by atoms with Crippen LogP contribution in [0, 0.1) is 0 Å². The summed E-state index contributed by atoms with van der Waals surface area (Å²) in [4.78, 5) is 40.1. The minimum absolute atomic E-state index is 0.381. The molecule has 0 unspecified atom stereocenters. The first-order chi connectivity index (χ1) is 14.9. The van der Waals surface area contributed by atoms with Gasteiger partial charge in [0.2, 0.25) is 5.91 Å². The summed E-state index contributed by atoms with van der Waals surface area (Å²) in [7, 11) is 0. The summed E-state index contributed by atoms with van der Waals surface area (Å²) >= 11 is 1.55. The molecule has 31 heavy (non-hydrogen) atoms. The van der Waals surface area contributed by atoms with Gasteiger partial charge < -0.3 is 20.1 Å². The lowest BCUT2D eigenvalue weighted by Crippen LogP contribution is -2.42. The molecule has 4 rings (SSSR count). The smallest absolute Gasteiger partial charge is 0.325 e. The highest BCUT2D eigenvalue weighted by Gasteiger charge is 2.49. The second-order valence-corrected chi connectivity index (χ2v) is 8.32. The average molecular weight is 442 g/mol. The van der Waals surface area contributed by atoms with Crippen molar-refractivity contribution in [3.8, 4) is 11.5 Å². The molecule has 2 aliphatic rings. The molecule has 0 saturated carbocycles. The minimum atomic E-state index is -1.30. The van der Waals surface area contributed by atoms with Gasteiger partial charge in [0.1, 0.15) is 12.1 Å². The molecule has 0 aromatic heterocycles. The van der Waals surface area contributed by atoms with E-state index in [0.717, 1.165) is 16.2 Å². The van der Waals surface area contributed by atoms with Crippen LogP contribution >= 0.6 is 11.8 Å². The molecule has 9 heteroatoms. The van der Waals surface area contributed by atoms with Crippen LogP contribution in [0.1, 0.15) is 18.9 Å². The number of hydrogen-bond acceptors (Lipinski definition) is 6. The Morgan fingerprint density at radius 2 is 1.94 bits per heavy atom. The molecule has 0 bridgehead atoms. The number of thioether (sulfide) groups is 1. The molecule has 8 nitrogen and oxygen atoms in total. The number of rotatable bonds is 5. The zero-order valence-electron chi connectivity index (χ0n) is 17.3. The van der Waals surface area contributed by atoms with Crippen LogP contribution < -0.4 is 20.1 Å². The molecule has 0 radical (unpaired) electrons. The van der Waals surface area contributed by atoms with E-state index in [1.165, 1.54) is 0 Å². The van der Waals surface area contributed by atoms with Crippen molar-refractivity contribution in [1.82, 2.24) is 10.2 Å². The Balaban J connectivity index is 1.50. The zero-order valence-corrected chi connectivity index (χ0v) is 18.1. The predicted molar refractivity (Wildman–Crippen MR) is 116 cm³/mol. The summed E-state index contributed by atoms with van der Waals surface area (Å²) in [6.45, 7) is 2.31. The van der Waals surface area contributed by atoms with Gasteiger partial charge in [-0.05, 0) is 49.1 Å². The maximum atomic E-state index is 13.1. The Kier molecular flexibility index (Phi) is 5.77. The van der Waals surface area contributed by atoms with E-state index in [1.807, 2.05) is 24.5 Å². The van der Waals surface area contributed by atoms with Crippen molar-refractivity contribution in [3.05, 3.63) is 48.0 Å². The molecule has 2 heterocycles.